The zero-order chi connectivity index (χ0) is 13.1. The maximum Gasteiger partial charge on any atom is 0.295 e. The molecule has 1 aromatic heterocycles. The van der Waals surface area contributed by atoms with Crippen LogP contribution in [-0.2, 0) is 10.8 Å². The van der Waals surface area contributed by atoms with Gasteiger partial charge in [0.05, 0.1) is 11.0 Å². The summed E-state index contributed by atoms with van der Waals surface area (Å²) >= 11 is 0. The average Bonchev–Trinajstić information content (AvgIpc) is 2.69. The van der Waals surface area contributed by atoms with Crippen molar-refractivity contribution in [3.05, 3.63) is 28.3 Å². The molecule has 0 radical (unpaired) electrons. The first-order valence-corrected chi connectivity index (χ1v) is 6.88. The predicted octanol–water partition coefficient (Wildman–Crippen LogP) is 1.53. The fourth-order valence-corrected chi connectivity index (χ4v) is 1.79. The number of non-ortho nitro benzene ring substituents is 1. The maximum atomic E-state index is 10.9. The van der Waals surface area contributed by atoms with Gasteiger partial charge in [0.1, 0.15) is 5.52 Å². The lowest BCUT2D eigenvalue weighted by atomic mass is 10.3. The Morgan fingerprint density at radius 1 is 1.56 bits per heavy atom. The number of nitrogens with one attached hydrogen (secondary N) is 1. The second kappa shape index (κ2) is 5.13. The molecular weight excluding hydrogens is 258 g/mol. The number of fused-ring (bicyclic) bond motifs is 1. The molecule has 0 aliphatic heterocycles. The van der Waals surface area contributed by atoms with Crippen molar-refractivity contribution >= 4 is 33.6 Å². The molecule has 0 aliphatic rings. The molecule has 1 N–H and O–H groups in total. The van der Waals surface area contributed by atoms with E-state index in [0.717, 1.165) is 0 Å². The van der Waals surface area contributed by atoms with Crippen LogP contribution < -0.4 is 5.32 Å². The Kier molecular flexibility index (Phi) is 3.56. The first-order valence-electron chi connectivity index (χ1n) is 5.15. The summed E-state index contributed by atoms with van der Waals surface area (Å²) < 4.78 is 16.2. The zero-order valence-electron chi connectivity index (χ0n) is 9.58. The van der Waals surface area contributed by atoms with Crippen LogP contribution in [0.15, 0.2) is 22.6 Å². The Morgan fingerprint density at radius 3 is 3.00 bits per heavy atom. The van der Waals surface area contributed by atoms with Gasteiger partial charge in [0, 0.05) is 35.4 Å². The number of benzene rings is 1. The van der Waals surface area contributed by atoms with E-state index < -0.39 is 15.7 Å². The first kappa shape index (κ1) is 12.5. The maximum absolute atomic E-state index is 10.9. The molecule has 1 atom stereocenters. The molecular formula is C10H11N3O4S. The van der Waals surface area contributed by atoms with Gasteiger partial charge in [-0.25, -0.2) is 0 Å². The van der Waals surface area contributed by atoms with Gasteiger partial charge in [0.25, 0.3) is 11.7 Å². The molecule has 0 amide bonds. The summed E-state index contributed by atoms with van der Waals surface area (Å²) in [4.78, 5) is 14.2. The fourth-order valence-electron chi connectivity index (χ4n) is 1.40. The molecule has 1 heterocycles. The van der Waals surface area contributed by atoms with Crippen molar-refractivity contribution in [2.75, 3.05) is 23.9 Å². The summed E-state index contributed by atoms with van der Waals surface area (Å²) in [5, 5.41) is 13.5. The minimum atomic E-state index is -0.888. The van der Waals surface area contributed by atoms with Gasteiger partial charge in [0.2, 0.25) is 0 Å². The van der Waals surface area contributed by atoms with Crippen LogP contribution in [0.2, 0.25) is 0 Å². The molecule has 2 aromatic rings. The molecule has 1 unspecified atom stereocenters. The summed E-state index contributed by atoms with van der Waals surface area (Å²) in [5.41, 5.74) is 0.852. The Hall–Kier alpha value is -1.96. The van der Waals surface area contributed by atoms with Crippen LogP contribution >= 0.6 is 0 Å². The van der Waals surface area contributed by atoms with E-state index in [0.29, 0.717) is 23.4 Å². The van der Waals surface area contributed by atoms with Crippen LogP contribution in [0, 0.1) is 10.1 Å². The molecule has 0 saturated carbocycles. The third-order valence-corrected chi connectivity index (χ3v) is 3.03. The summed E-state index contributed by atoms with van der Waals surface area (Å²) in [6.45, 7) is 0.470. The Labute approximate surface area is 105 Å². The van der Waals surface area contributed by atoms with E-state index >= 15 is 0 Å². The third kappa shape index (κ3) is 2.83. The lowest BCUT2D eigenvalue weighted by molar-refractivity contribution is -0.384. The van der Waals surface area contributed by atoms with E-state index in [1.807, 2.05) is 0 Å². The van der Waals surface area contributed by atoms with Crippen LogP contribution in [0.4, 0.5) is 11.7 Å². The highest BCUT2D eigenvalue weighted by Crippen LogP contribution is 2.23. The van der Waals surface area contributed by atoms with Gasteiger partial charge < -0.3 is 9.73 Å². The van der Waals surface area contributed by atoms with Crippen LogP contribution in [0.5, 0.6) is 0 Å². The smallest absolute Gasteiger partial charge is 0.295 e. The highest BCUT2D eigenvalue weighted by atomic mass is 32.2. The van der Waals surface area contributed by atoms with Gasteiger partial charge in [-0.1, -0.05) is 0 Å². The van der Waals surface area contributed by atoms with E-state index in [9.17, 15) is 14.3 Å². The number of aromatic nitrogens is 1. The van der Waals surface area contributed by atoms with Crippen molar-refractivity contribution < 1.29 is 13.5 Å². The quantitative estimate of drug-likeness (QED) is 0.652. The number of anilines is 1. The lowest BCUT2D eigenvalue weighted by Gasteiger charge is -1.97. The van der Waals surface area contributed by atoms with Gasteiger partial charge in [-0.15, -0.1) is 0 Å². The molecule has 0 bridgehead atoms. The number of hydrogen-bond donors (Lipinski definition) is 1. The molecule has 96 valence electrons. The van der Waals surface area contributed by atoms with E-state index in [2.05, 4.69) is 10.3 Å². The number of hydrogen-bond acceptors (Lipinski definition) is 6. The largest absolute Gasteiger partial charge is 0.423 e. The van der Waals surface area contributed by atoms with E-state index in [1.165, 1.54) is 18.2 Å². The van der Waals surface area contributed by atoms with Crippen molar-refractivity contribution in [2.45, 2.75) is 0 Å². The number of oxazole rings is 1. The van der Waals surface area contributed by atoms with Crippen molar-refractivity contribution in [3.63, 3.8) is 0 Å². The summed E-state index contributed by atoms with van der Waals surface area (Å²) in [5.74, 6) is 0.485. The van der Waals surface area contributed by atoms with Crippen LogP contribution in [0.1, 0.15) is 0 Å². The van der Waals surface area contributed by atoms with Gasteiger partial charge in [-0.3, -0.25) is 14.3 Å². The topological polar surface area (TPSA) is 98.3 Å². The molecule has 8 heteroatoms. The normalized spacial score (nSPS) is 12.5. The van der Waals surface area contributed by atoms with E-state index in [-0.39, 0.29) is 11.7 Å². The van der Waals surface area contributed by atoms with E-state index in [4.69, 9.17) is 4.42 Å². The summed E-state index contributed by atoms with van der Waals surface area (Å²) in [6, 6.07) is 4.50. The second-order valence-corrected chi connectivity index (χ2v) is 5.19. The predicted molar refractivity (Wildman–Crippen MR) is 68.1 cm³/mol. The van der Waals surface area contributed by atoms with Crippen LogP contribution in [0.3, 0.4) is 0 Å². The number of nitro groups is 1. The highest BCUT2D eigenvalue weighted by Gasteiger charge is 2.11. The fraction of sp³-hybridized carbons (Fsp3) is 0.300. The SMILES string of the molecule is CS(=O)CCNc1nc2ccc([N+](=O)[O-])cc2o1. The van der Waals surface area contributed by atoms with E-state index in [1.54, 1.807) is 6.26 Å². The van der Waals surface area contributed by atoms with Crippen LogP contribution in [-0.4, -0.2) is 32.7 Å². The van der Waals surface area contributed by atoms with Gasteiger partial charge in [0.15, 0.2) is 5.58 Å². The Balaban J connectivity index is 2.16. The van der Waals surface area contributed by atoms with Gasteiger partial charge >= 0.3 is 0 Å². The van der Waals surface area contributed by atoms with Crippen LogP contribution in [0.25, 0.3) is 11.1 Å². The molecule has 0 spiro atoms. The van der Waals surface area contributed by atoms with Crippen molar-refractivity contribution in [1.82, 2.24) is 4.98 Å². The lowest BCUT2D eigenvalue weighted by Crippen LogP contribution is -2.09. The molecule has 0 aliphatic carbocycles. The molecule has 18 heavy (non-hydrogen) atoms. The Bertz CT molecular complexity index is 610. The minimum Gasteiger partial charge on any atom is -0.423 e. The first-order chi connectivity index (χ1) is 8.56. The van der Waals surface area contributed by atoms with Crippen molar-refractivity contribution in [2.24, 2.45) is 0 Å². The third-order valence-electron chi connectivity index (χ3n) is 2.25. The number of nitro benzene ring substituents is 1. The zero-order valence-corrected chi connectivity index (χ0v) is 10.4. The standard InChI is InChI=1S/C10H11N3O4S/c1-18(16)5-4-11-10-12-8-3-2-7(13(14)15)6-9(8)17-10/h2-3,6H,4-5H2,1H3,(H,11,12). The minimum absolute atomic E-state index is 0.0418. The molecule has 2 rings (SSSR count). The highest BCUT2D eigenvalue weighted by molar-refractivity contribution is 7.84. The summed E-state index contributed by atoms with van der Waals surface area (Å²) in [6.07, 6.45) is 1.61. The van der Waals surface area contributed by atoms with Gasteiger partial charge in [-0.2, -0.15) is 4.98 Å². The molecule has 7 nitrogen and oxygen atoms in total. The van der Waals surface area contributed by atoms with Gasteiger partial charge in [-0.05, 0) is 6.07 Å². The average molecular weight is 269 g/mol. The molecule has 0 saturated heterocycles. The van der Waals surface area contributed by atoms with Crippen molar-refractivity contribution in [1.29, 1.82) is 0 Å². The van der Waals surface area contributed by atoms with Crippen molar-refractivity contribution in [3.8, 4) is 0 Å². The number of nitrogens with zero attached hydrogens (tertiary/aromatic N) is 2. The monoisotopic (exact) mass is 269 g/mol. The Morgan fingerprint density at radius 2 is 2.33 bits per heavy atom. The second-order valence-electron chi connectivity index (χ2n) is 3.63. The summed E-state index contributed by atoms with van der Waals surface area (Å²) in [7, 11) is -0.888. The molecule has 0 fully saturated rings. The molecule has 1 aromatic carbocycles. The number of rotatable bonds is 5.